The zero-order valence-electron chi connectivity index (χ0n) is 20.0. The average molecular weight is 569 g/mol. The van der Waals surface area contributed by atoms with Crippen LogP contribution in [0.4, 0.5) is 0 Å². The molecule has 0 unspecified atom stereocenters. The summed E-state index contributed by atoms with van der Waals surface area (Å²) in [5, 5.41) is 3.42. The van der Waals surface area contributed by atoms with Crippen LogP contribution in [0.25, 0.3) is 0 Å². The second-order valence-electron chi connectivity index (χ2n) is 7.70. The minimum Gasteiger partial charge on any atom is -0.494 e. The molecule has 0 aliphatic carbocycles. The Morgan fingerprint density at radius 1 is 1.09 bits per heavy atom. The molecule has 3 rings (SSSR count). The molecule has 8 heteroatoms. The van der Waals surface area contributed by atoms with E-state index in [0.717, 1.165) is 68.5 Å². The number of ether oxygens (including phenoxy) is 3. The smallest absolute Gasteiger partial charge is 0.224 e. The molecular weight excluding hydrogens is 531 g/mol. The average Bonchev–Trinajstić information content (AvgIpc) is 2.83. The third-order valence-corrected chi connectivity index (χ3v) is 5.24. The summed E-state index contributed by atoms with van der Waals surface area (Å²) in [6, 6.07) is 11.6. The number of aromatic nitrogens is 1. The van der Waals surface area contributed by atoms with Crippen molar-refractivity contribution in [3.05, 3.63) is 48.2 Å². The number of hydrogen-bond acceptors (Lipinski definition) is 5. The first-order valence-electron chi connectivity index (χ1n) is 11.7. The van der Waals surface area contributed by atoms with Crippen LogP contribution >= 0.6 is 24.0 Å². The zero-order valence-corrected chi connectivity index (χ0v) is 22.3. The van der Waals surface area contributed by atoms with Gasteiger partial charge >= 0.3 is 0 Å². The van der Waals surface area contributed by atoms with Crippen molar-refractivity contribution in [1.29, 1.82) is 0 Å². The van der Waals surface area contributed by atoms with Crippen molar-refractivity contribution in [2.24, 2.45) is 4.99 Å². The van der Waals surface area contributed by atoms with E-state index in [0.29, 0.717) is 25.1 Å². The van der Waals surface area contributed by atoms with Crippen LogP contribution in [-0.4, -0.2) is 54.8 Å². The lowest BCUT2D eigenvalue weighted by atomic mass is 10.1. The van der Waals surface area contributed by atoms with Crippen molar-refractivity contribution in [2.75, 3.05) is 32.8 Å². The maximum Gasteiger partial charge on any atom is 0.224 e. The van der Waals surface area contributed by atoms with Crippen LogP contribution in [0.15, 0.2) is 47.6 Å². The first-order valence-corrected chi connectivity index (χ1v) is 11.7. The minimum absolute atomic E-state index is 0. The van der Waals surface area contributed by atoms with Crippen molar-refractivity contribution in [2.45, 2.75) is 52.7 Å². The normalized spacial score (nSPS) is 14.5. The minimum atomic E-state index is 0. The van der Waals surface area contributed by atoms with E-state index in [1.165, 1.54) is 0 Å². The quantitative estimate of drug-likeness (QED) is 0.240. The fourth-order valence-corrected chi connectivity index (χ4v) is 3.63. The van der Waals surface area contributed by atoms with Crippen LogP contribution in [0, 0.1) is 0 Å². The number of likely N-dealkylation sites (tertiary alicyclic amines) is 1. The second-order valence-corrected chi connectivity index (χ2v) is 7.70. The maximum absolute atomic E-state index is 6.06. The Bertz CT molecular complexity index is 840. The predicted molar refractivity (Wildman–Crippen MR) is 143 cm³/mol. The van der Waals surface area contributed by atoms with Gasteiger partial charge in [-0.05, 0) is 63.4 Å². The lowest BCUT2D eigenvalue weighted by Gasteiger charge is -2.34. The molecular formula is C25H37IN4O3. The van der Waals surface area contributed by atoms with Gasteiger partial charge in [0.1, 0.15) is 11.5 Å². The van der Waals surface area contributed by atoms with Gasteiger partial charge in [-0.25, -0.2) is 9.98 Å². The maximum atomic E-state index is 6.06. The Balaban J connectivity index is 0.00000385. The SMILES string of the molecule is CCCOc1ccc(Oc2ncccc2CN=C(NCC)N2CCC(OCC)CC2)cc1.I. The lowest BCUT2D eigenvalue weighted by molar-refractivity contribution is 0.0263. The Morgan fingerprint density at radius 2 is 1.82 bits per heavy atom. The number of rotatable bonds is 10. The summed E-state index contributed by atoms with van der Waals surface area (Å²) in [5.41, 5.74) is 0.943. The first kappa shape index (κ1) is 27.2. The molecule has 1 aliphatic heterocycles. The number of benzene rings is 1. The van der Waals surface area contributed by atoms with Gasteiger partial charge in [0.15, 0.2) is 5.96 Å². The predicted octanol–water partition coefficient (Wildman–Crippen LogP) is 5.25. The molecule has 1 N–H and O–H groups in total. The number of nitrogens with zero attached hydrogens (tertiary/aromatic N) is 3. The van der Waals surface area contributed by atoms with Gasteiger partial charge in [0.25, 0.3) is 0 Å². The van der Waals surface area contributed by atoms with Gasteiger partial charge in [0.05, 0.1) is 19.3 Å². The lowest BCUT2D eigenvalue weighted by Crippen LogP contribution is -2.47. The zero-order chi connectivity index (χ0) is 22.6. The molecule has 0 atom stereocenters. The Hall–Kier alpha value is -2.07. The molecule has 1 aromatic carbocycles. The summed E-state index contributed by atoms with van der Waals surface area (Å²) in [7, 11) is 0. The van der Waals surface area contributed by atoms with Crippen molar-refractivity contribution >= 4 is 29.9 Å². The topological polar surface area (TPSA) is 68.2 Å². The molecule has 0 bridgehead atoms. The van der Waals surface area contributed by atoms with Gasteiger partial charge in [-0.2, -0.15) is 0 Å². The van der Waals surface area contributed by atoms with Gasteiger partial charge in [-0.15, -0.1) is 24.0 Å². The first-order chi connectivity index (χ1) is 15.7. The molecule has 0 radical (unpaired) electrons. The highest BCUT2D eigenvalue weighted by Crippen LogP contribution is 2.25. The summed E-state index contributed by atoms with van der Waals surface area (Å²) >= 11 is 0. The van der Waals surface area contributed by atoms with E-state index in [9.17, 15) is 0 Å². The molecule has 1 saturated heterocycles. The van der Waals surface area contributed by atoms with Crippen LogP contribution < -0.4 is 14.8 Å². The Kier molecular flexibility index (Phi) is 12.3. The number of halogens is 1. The number of guanidine groups is 1. The Morgan fingerprint density at radius 3 is 2.48 bits per heavy atom. The van der Waals surface area contributed by atoms with Gasteiger partial charge in [0.2, 0.25) is 5.88 Å². The van der Waals surface area contributed by atoms with Gasteiger partial charge in [0, 0.05) is 38.0 Å². The molecule has 0 saturated carbocycles. The number of hydrogen-bond donors (Lipinski definition) is 1. The molecule has 1 fully saturated rings. The standard InChI is InChI=1S/C25H36N4O3.HI/c1-4-18-31-21-9-11-23(12-10-21)32-24-20(8-7-15-27-24)19-28-25(26-5-2)29-16-13-22(14-17-29)30-6-3;/h7-12,15,22H,4-6,13-14,16-19H2,1-3H3,(H,26,28);1H. The van der Waals surface area contributed by atoms with E-state index >= 15 is 0 Å². The van der Waals surface area contributed by atoms with Crippen LogP contribution in [0.2, 0.25) is 0 Å². The number of aliphatic imine (C=N–C) groups is 1. The number of piperidine rings is 1. The molecule has 0 spiro atoms. The van der Waals surface area contributed by atoms with Crippen LogP contribution in [0.1, 0.15) is 45.6 Å². The van der Waals surface area contributed by atoms with E-state index < -0.39 is 0 Å². The van der Waals surface area contributed by atoms with Gasteiger partial charge < -0.3 is 24.4 Å². The molecule has 7 nitrogen and oxygen atoms in total. The fraction of sp³-hybridized carbons (Fsp3) is 0.520. The fourth-order valence-electron chi connectivity index (χ4n) is 3.63. The third kappa shape index (κ3) is 8.66. The molecule has 1 aromatic heterocycles. The highest BCUT2D eigenvalue weighted by molar-refractivity contribution is 14.0. The highest BCUT2D eigenvalue weighted by atomic mass is 127. The van der Waals surface area contributed by atoms with Crippen LogP contribution in [-0.2, 0) is 11.3 Å². The summed E-state index contributed by atoms with van der Waals surface area (Å²) < 4.78 is 17.5. The number of nitrogens with one attached hydrogen (secondary N) is 1. The van der Waals surface area contributed by atoms with Crippen molar-refractivity contribution in [3.8, 4) is 17.4 Å². The molecule has 182 valence electrons. The van der Waals surface area contributed by atoms with Crippen LogP contribution in [0.3, 0.4) is 0 Å². The largest absolute Gasteiger partial charge is 0.494 e. The monoisotopic (exact) mass is 568 g/mol. The summed E-state index contributed by atoms with van der Waals surface area (Å²) in [4.78, 5) is 11.6. The van der Waals surface area contributed by atoms with E-state index in [1.807, 2.05) is 36.4 Å². The van der Waals surface area contributed by atoms with Crippen LogP contribution in [0.5, 0.6) is 17.4 Å². The molecule has 2 heterocycles. The van der Waals surface area contributed by atoms with Gasteiger partial charge in [-0.1, -0.05) is 13.0 Å². The summed E-state index contributed by atoms with van der Waals surface area (Å²) in [6.45, 7) is 10.9. The van der Waals surface area contributed by atoms with E-state index in [2.05, 4.69) is 36.0 Å². The van der Waals surface area contributed by atoms with Crippen molar-refractivity contribution in [1.82, 2.24) is 15.2 Å². The molecule has 1 aliphatic rings. The molecule has 33 heavy (non-hydrogen) atoms. The van der Waals surface area contributed by atoms with Crippen molar-refractivity contribution < 1.29 is 14.2 Å². The van der Waals surface area contributed by atoms with E-state index in [-0.39, 0.29) is 24.0 Å². The van der Waals surface area contributed by atoms with Gasteiger partial charge in [-0.3, -0.25) is 0 Å². The third-order valence-electron chi connectivity index (χ3n) is 5.24. The molecule has 2 aromatic rings. The number of pyridine rings is 1. The van der Waals surface area contributed by atoms with E-state index in [4.69, 9.17) is 19.2 Å². The summed E-state index contributed by atoms with van der Waals surface area (Å²) in [6.07, 6.45) is 5.13. The second kappa shape index (κ2) is 15.0. The highest BCUT2D eigenvalue weighted by Gasteiger charge is 2.21. The van der Waals surface area contributed by atoms with Crippen molar-refractivity contribution in [3.63, 3.8) is 0 Å². The van der Waals surface area contributed by atoms with E-state index in [1.54, 1.807) is 6.20 Å². The molecule has 0 amide bonds. The summed E-state index contributed by atoms with van der Waals surface area (Å²) in [5.74, 6) is 3.06. The Labute approximate surface area is 215 Å².